The second kappa shape index (κ2) is 6.10. The van der Waals surface area contributed by atoms with Crippen LogP contribution in [0.4, 0.5) is 0 Å². The molecule has 108 valence electrons. The van der Waals surface area contributed by atoms with Gasteiger partial charge in [-0.25, -0.2) is 0 Å². The molecule has 0 saturated carbocycles. The number of ketones is 1. The van der Waals surface area contributed by atoms with E-state index in [9.17, 15) is 4.79 Å². The van der Waals surface area contributed by atoms with Crippen molar-refractivity contribution in [3.05, 3.63) is 65.2 Å². The van der Waals surface area contributed by atoms with Crippen molar-refractivity contribution in [1.29, 1.82) is 0 Å². The van der Waals surface area contributed by atoms with Crippen molar-refractivity contribution >= 4 is 5.78 Å². The van der Waals surface area contributed by atoms with Crippen LogP contribution in [-0.4, -0.2) is 19.0 Å². The van der Waals surface area contributed by atoms with Crippen LogP contribution in [-0.2, 0) is 11.2 Å². The molecule has 0 radical (unpaired) electrons. The molecule has 1 heterocycles. The number of carbonyl (C=O) groups excluding carboxylic acids is 1. The average molecular weight is 282 g/mol. The summed E-state index contributed by atoms with van der Waals surface area (Å²) in [6, 6.07) is 15.3. The van der Waals surface area contributed by atoms with Crippen LogP contribution in [0.2, 0.25) is 0 Å². The normalized spacial score (nSPS) is 14.3. The fourth-order valence-corrected chi connectivity index (χ4v) is 2.61. The molecule has 1 aliphatic heterocycles. The molecule has 3 heteroatoms. The van der Waals surface area contributed by atoms with Crippen LogP contribution in [0.3, 0.4) is 0 Å². The van der Waals surface area contributed by atoms with Crippen LogP contribution in [0, 0.1) is 0 Å². The van der Waals surface area contributed by atoms with E-state index in [-0.39, 0.29) is 5.78 Å². The number of hydrogen-bond acceptors (Lipinski definition) is 3. The van der Waals surface area contributed by atoms with E-state index in [1.807, 2.05) is 55.5 Å². The van der Waals surface area contributed by atoms with E-state index >= 15 is 0 Å². The maximum atomic E-state index is 12.8. The van der Waals surface area contributed by atoms with E-state index in [0.29, 0.717) is 18.8 Å². The Balaban J connectivity index is 1.91. The Kier molecular flexibility index (Phi) is 4.02. The summed E-state index contributed by atoms with van der Waals surface area (Å²) in [5.74, 6) is 0.886. The first-order valence-electron chi connectivity index (χ1n) is 7.26. The van der Waals surface area contributed by atoms with Crippen molar-refractivity contribution in [3.8, 4) is 5.75 Å². The lowest BCUT2D eigenvalue weighted by Crippen LogP contribution is -2.16. The van der Waals surface area contributed by atoms with Gasteiger partial charge in [0, 0.05) is 18.6 Å². The zero-order valence-corrected chi connectivity index (χ0v) is 12.0. The van der Waals surface area contributed by atoms with Gasteiger partial charge in [0.25, 0.3) is 0 Å². The minimum atomic E-state index is -0.545. The molecule has 0 aromatic heterocycles. The summed E-state index contributed by atoms with van der Waals surface area (Å²) in [6.07, 6.45) is 0.317. The zero-order chi connectivity index (χ0) is 14.7. The highest BCUT2D eigenvalue weighted by Gasteiger charge is 2.24. The number of Topliss-reactive ketones (excluding diaryl/α,β-unsaturated/α-hetero) is 1. The number of ether oxygens (including phenoxy) is 2. The fourth-order valence-electron chi connectivity index (χ4n) is 2.61. The van der Waals surface area contributed by atoms with E-state index in [2.05, 4.69) is 0 Å². The SMILES string of the molecule is CCOC(C(=O)c1ccc2c(c1)CCO2)c1ccccc1. The number of benzene rings is 2. The summed E-state index contributed by atoms with van der Waals surface area (Å²) in [5.41, 5.74) is 2.67. The summed E-state index contributed by atoms with van der Waals surface area (Å²) in [4.78, 5) is 12.8. The van der Waals surface area contributed by atoms with Crippen LogP contribution in [0.25, 0.3) is 0 Å². The van der Waals surface area contributed by atoms with Crippen molar-refractivity contribution in [2.75, 3.05) is 13.2 Å². The number of carbonyl (C=O) groups is 1. The summed E-state index contributed by atoms with van der Waals surface area (Å²) in [5, 5.41) is 0. The quantitative estimate of drug-likeness (QED) is 0.786. The molecular weight excluding hydrogens is 264 g/mol. The minimum absolute atomic E-state index is 0.00208. The first-order valence-corrected chi connectivity index (χ1v) is 7.26. The predicted octanol–water partition coefficient (Wildman–Crippen LogP) is 3.58. The smallest absolute Gasteiger partial charge is 0.196 e. The fraction of sp³-hybridized carbons (Fsp3) is 0.278. The number of fused-ring (bicyclic) bond motifs is 1. The van der Waals surface area contributed by atoms with Crippen molar-refractivity contribution < 1.29 is 14.3 Å². The molecule has 3 nitrogen and oxygen atoms in total. The lowest BCUT2D eigenvalue weighted by Gasteiger charge is -2.16. The Morgan fingerprint density at radius 2 is 2.05 bits per heavy atom. The Hall–Kier alpha value is -2.13. The largest absolute Gasteiger partial charge is 0.493 e. The van der Waals surface area contributed by atoms with E-state index in [1.54, 1.807) is 0 Å². The zero-order valence-electron chi connectivity index (χ0n) is 12.0. The van der Waals surface area contributed by atoms with Gasteiger partial charge in [-0.15, -0.1) is 0 Å². The highest BCUT2D eigenvalue weighted by Crippen LogP contribution is 2.29. The van der Waals surface area contributed by atoms with Gasteiger partial charge in [-0.2, -0.15) is 0 Å². The number of hydrogen-bond donors (Lipinski definition) is 0. The van der Waals surface area contributed by atoms with E-state index in [0.717, 1.165) is 23.3 Å². The van der Waals surface area contributed by atoms with E-state index in [1.165, 1.54) is 0 Å². The lowest BCUT2D eigenvalue weighted by molar-refractivity contribution is 0.0452. The van der Waals surface area contributed by atoms with Crippen LogP contribution < -0.4 is 4.74 Å². The predicted molar refractivity (Wildman–Crippen MR) is 80.8 cm³/mol. The van der Waals surface area contributed by atoms with Gasteiger partial charge >= 0.3 is 0 Å². The van der Waals surface area contributed by atoms with Crippen LogP contribution >= 0.6 is 0 Å². The van der Waals surface area contributed by atoms with Gasteiger partial charge in [0.1, 0.15) is 11.9 Å². The highest BCUT2D eigenvalue weighted by atomic mass is 16.5. The molecule has 0 amide bonds. The summed E-state index contributed by atoms with van der Waals surface area (Å²) in [7, 11) is 0. The first-order chi connectivity index (χ1) is 10.3. The summed E-state index contributed by atoms with van der Waals surface area (Å²) >= 11 is 0. The Morgan fingerprint density at radius 3 is 2.81 bits per heavy atom. The maximum Gasteiger partial charge on any atom is 0.196 e. The van der Waals surface area contributed by atoms with Gasteiger partial charge in [-0.05, 0) is 36.2 Å². The molecule has 2 aromatic rings. The van der Waals surface area contributed by atoms with E-state index < -0.39 is 6.10 Å². The average Bonchev–Trinajstić information content (AvgIpc) is 3.00. The molecule has 3 rings (SSSR count). The topological polar surface area (TPSA) is 35.5 Å². The molecule has 0 N–H and O–H groups in total. The van der Waals surface area contributed by atoms with E-state index in [4.69, 9.17) is 9.47 Å². The molecule has 0 spiro atoms. The first kappa shape index (κ1) is 13.8. The maximum absolute atomic E-state index is 12.8. The third-order valence-electron chi connectivity index (χ3n) is 3.65. The molecule has 0 bridgehead atoms. The van der Waals surface area contributed by atoms with Gasteiger partial charge in [0.05, 0.1) is 6.61 Å². The molecule has 0 saturated heterocycles. The highest BCUT2D eigenvalue weighted by molar-refractivity contribution is 6.00. The lowest BCUT2D eigenvalue weighted by atomic mass is 9.98. The third-order valence-corrected chi connectivity index (χ3v) is 3.65. The molecule has 0 fully saturated rings. The van der Waals surface area contributed by atoms with Crippen LogP contribution in [0.15, 0.2) is 48.5 Å². The van der Waals surface area contributed by atoms with Crippen LogP contribution in [0.1, 0.15) is 34.5 Å². The van der Waals surface area contributed by atoms with Gasteiger partial charge in [0.2, 0.25) is 0 Å². The Morgan fingerprint density at radius 1 is 1.24 bits per heavy atom. The Labute approximate surface area is 124 Å². The van der Waals surface area contributed by atoms with Gasteiger partial charge in [-0.3, -0.25) is 4.79 Å². The van der Waals surface area contributed by atoms with Gasteiger partial charge in [0.15, 0.2) is 5.78 Å². The minimum Gasteiger partial charge on any atom is -0.493 e. The molecule has 21 heavy (non-hydrogen) atoms. The molecule has 2 aromatic carbocycles. The molecule has 1 aliphatic rings. The molecular formula is C18H18O3. The molecule has 1 unspecified atom stereocenters. The summed E-state index contributed by atoms with van der Waals surface area (Å²) < 4.78 is 11.2. The second-order valence-corrected chi connectivity index (χ2v) is 5.03. The van der Waals surface area contributed by atoms with Crippen molar-refractivity contribution in [2.45, 2.75) is 19.4 Å². The van der Waals surface area contributed by atoms with Crippen molar-refractivity contribution in [1.82, 2.24) is 0 Å². The molecule has 0 aliphatic carbocycles. The Bertz CT molecular complexity index is 634. The van der Waals surface area contributed by atoms with Crippen molar-refractivity contribution in [3.63, 3.8) is 0 Å². The van der Waals surface area contributed by atoms with Crippen LogP contribution in [0.5, 0.6) is 5.75 Å². The standard InChI is InChI=1S/C18H18O3/c1-2-20-18(13-6-4-3-5-7-13)17(19)15-8-9-16-14(12-15)10-11-21-16/h3-9,12,18H,2,10-11H2,1H3. The number of rotatable bonds is 5. The van der Waals surface area contributed by atoms with Crippen molar-refractivity contribution in [2.24, 2.45) is 0 Å². The second-order valence-electron chi connectivity index (χ2n) is 5.03. The molecule has 1 atom stereocenters. The monoisotopic (exact) mass is 282 g/mol. The van der Waals surface area contributed by atoms with Gasteiger partial charge in [-0.1, -0.05) is 30.3 Å². The van der Waals surface area contributed by atoms with Gasteiger partial charge < -0.3 is 9.47 Å². The summed E-state index contributed by atoms with van der Waals surface area (Å²) in [6.45, 7) is 3.10. The third kappa shape index (κ3) is 2.83.